The third-order valence-corrected chi connectivity index (χ3v) is 6.63. The minimum atomic E-state index is -0.455. The molecule has 0 saturated carbocycles. The van der Waals surface area contributed by atoms with E-state index in [-0.39, 0.29) is 0 Å². The van der Waals surface area contributed by atoms with Crippen molar-refractivity contribution in [2.24, 2.45) is 0 Å². The van der Waals surface area contributed by atoms with Crippen molar-refractivity contribution in [1.29, 1.82) is 0 Å². The number of pyridine rings is 1. The Morgan fingerprint density at radius 2 is 2.04 bits per heavy atom. The number of hydrogen-bond donors (Lipinski definition) is 2. The van der Waals surface area contributed by atoms with Crippen LogP contribution in [0.4, 0.5) is 0 Å². The van der Waals surface area contributed by atoms with E-state index in [1.165, 1.54) is 17.1 Å². The molecule has 28 heavy (non-hydrogen) atoms. The number of rotatable bonds is 13. The van der Waals surface area contributed by atoms with Gasteiger partial charge in [-0.05, 0) is 36.2 Å². The molecule has 0 aliphatic rings. The smallest absolute Gasteiger partial charge is 0.274 e. The SMILES string of the molecule is Cc1nscc1CSCCN/C(=C\[N+](=O)[O-])NCCSCc1ncccc1Cl. The summed E-state index contributed by atoms with van der Waals surface area (Å²) in [5.74, 6) is 3.66. The molecule has 0 atom stereocenters. The van der Waals surface area contributed by atoms with Crippen molar-refractivity contribution in [3.63, 3.8) is 0 Å². The molecule has 11 heteroatoms. The summed E-state index contributed by atoms with van der Waals surface area (Å²) in [5.41, 5.74) is 3.17. The van der Waals surface area contributed by atoms with Crippen LogP contribution in [0, 0.1) is 17.0 Å². The van der Waals surface area contributed by atoms with E-state index in [0.29, 0.717) is 29.7 Å². The van der Waals surface area contributed by atoms with Crippen molar-refractivity contribution in [2.45, 2.75) is 18.4 Å². The monoisotopic (exact) mass is 459 g/mol. The molecule has 0 saturated heterocycles. The lowest BCUT2D eigenvalue weighted by atomic mass is 10.3. The number of thioether (sulfide) groups is 2. The number of hydrogen-bond acceptors (Lipinski definition) is 9. The van der Waals surface area contributed by atoms with Crippen molar-refractivity contribution in [1.82, 2.24) is 20.0 Å². The highest BCUT2D eigenvalue weighted by atomic mass is 35.5. The van der Waals surface area contributed by atoms with Crippen molar-refractivity contribution >= 4 is 46.7 Å². The number of aryl methyl sites for hydroxylation is 1. The Labute approximate surface area is 182 Å². The first kappa shape index (κ1) is 22.8. The molecule has 0 unspecified atom stereocenters. The summed E-state index contributed by atoms with van der Waals surface area (Å²) in [7, 11) is 0. The molecule has 0 aliphatic carbocycles. The molecule has 2 rings (SSSR count). The molecule has 2 aromatic rings. The summed E-state index contributed by atoms with van der Waals surface area (Å²) in [6.07, 6.45) is 2.69. The topological polar surface area (TPSA) is 93.0 Å². The Morgan fingerprint density at radius 3 is 2.64 bits per heavy atom. The zero-order valence-electron chi connectivity index (χ0n) is 15.4. The van der Waals surface area contributed by atoms with E-state index in [1.807, 2.05) is 13.0 Å². The van der Waals surface area contributed by atoms with Gasteiger partial charge in [0.05, 0.1) is 21.3 Å². The first-order chi connectivity index (χ1) is 13.6. The zero-order chi connectivity index (χ0) is 20.2. The van der Waals surface area contributed by atoms with Gasteiger partial charge < -0.3 is 10.6 Å². The Morgan fingerprint density at radius 1 is 1.32 bits per heavy atom. The zero-order valence-corrected chi connectivity index (χ0v) is 18.6. The summed E-state index contributed by atoms with van der Waals surface area (Å²) in [6, 6.07) is 3.62. The molecule has 0 bridgehead atoms. The van der Waals surface area contributed by atoms with Gasteiger partial charge in [-0.15, -0.1) is 0 Å². The third-order valence-electron chi connectivity index (χ3n) is 3.54. The van der Waals surface area contributed by atoms with Crippen molar-refractivity contribution in [3.05, 3.63) is 67.8 Å². The highest BCUT2D eigenvalue weighted by Gasteiger charge is 2.05. The molecule has 0 aromatic carbocycles. The Bertz CT molecular complexity index is 788. The van der Waals surface area contributed by atoms with Gasteiger partial charge in [-0.2, -0.15) is 27.9 Å². The average Bonchev–Trinajstić information content (AvgIpc) is 3.06. The average molecular weight is 460 g/mol. The number of nitrogens with one attached hydrogen (secondary N) is 2. The van der Waals surface area contributed by atoms with Gasteiger partial charge >= 0.3 is 0 Å². The number of nitrogens with zero attached hydrogens (tertiary/aromatic N) is 3. The normalized spacial score (nSPS) is 11.4. The maximum Gasteiger partial charge on any atom is 0.274 e. The highest BCUT2D eigenvalue weighted by Crippen LogP contribution is 2.18. The molecule has 0 fully saturated rings. The molecular formula is C17H22ClN5O2S3. The molecule has 2 N–H and O–H groups in total. The minimum absolute atomic E-state index is 0.426. The first-order valence-electron chi connectivity index (χ1n) is 8.54. The van der Waals surface area contributed by atoms with Crippen LogP contribution >= 0.6 is 46.7 Å². The van der Waals surface area contributed by atoms with Crippen molar-refractivity contribution in [2.75, 3.05) is 24.6 Å². The molecule has 2 heterocycles. The maximum absolute atomic E-state index is 10.8. The fraction of sp³-hybridized carbons (Fsp3) is 0.412. The highest BCUT2D eigenvalue weighted by molar-refractivity contribution is 7.98. The second kappa shape index (κ2) is 12.9. The third kappa shape index (κ3) is 8.68. The Kier molecular flexibility index (Phi) is 10.5. The van der Waals surface area contributed by atoms with E-state index in [4.69, 9.17) is 11.6 Å². The summed E-state index contributed by atoms with van der Waals surface area (Å²) in [4.78, 5) is 14.6. The van der Waals surface area contributed by atoms with Gasteiger partial charge in [0.25, 0.3) is 6.20 Å². The molecule has 0 radical (unpaired) electrons. The lowest BCUT2D eigenvalue weighted by molar-refractivity contribution is -0.404. The van der Waals surface area contributed by atoms with Crippen LogP contribution < -0.4 is 10.6 Å². The second-order valence-electron chi connectivity index (χ2n) is 5.64. The summed E-state index contributed by atoms with van der Waals surface area (Å²) < 4.78 is 4.25. The van der Waals surface area contributed by atoms with Crippen LogP contribution in [0.1, 0.15) is 17.0 Å². The lowest BCUT2D eigenvalue weighted by Crippen LogP contribution is -2.30. The van der Waals surface area contributed by atoms with Gasteiger partial charge in [0.15, 0.2) is 5.82 Å². The van der Waals surface area contributed by atoms with E-state index in [2.05, 4.69) is 25.4 Å². The van der Waals surface area contributed by atoms with Crippen molar-refractivity contribution < 1.29 is 4.92 Å². The number of nitro groups is 1. The number of aromatic nitrogens is 2. The van der Waals surface area contributed by atoms with Crippen LogP contribution in [0.3, 0.4) is 0 Å². The standard InChI is InChI=1S/C17H22ClN5O2S3/c1-13-14(11-28-22-13)10-26-7-5-20-17(9-23(24)25)21-6-8-27-12-16-15(18)3-2-4-19-16/h2-4,9,11,20-21H,5-8,10,12H2,1H3/b17-9+. The van der Waals surface area contributed by atoms with E-state index in [9.17, 15) is 10.1 Å². The fourth-order valence-corrected chi connectivity index (χ4v) is 4.90. The molecule has 0 amide bonds. The van der Waals surface area contributed by atoms with Crippen molar-refractivity contribution in [3.8, 4) is 0 Å². The maximum atomic E-state index is 10.8. The Balaban J connectivity index is 1.63. The van der Waals surface area contributed by atoms with Crippen LogP contribution in [-0.2, 0) is 11.5 Å². The van der Waals surface area contributed by atoms with E-state index in [0.717, 1.165) is 34.8 Å². The van der Waals surface area contributed by atoms with Gasteiger partial charge in [0.2, 0.25) is 0 Å². The Hall–Kier alpha value is -1.49. The van der Waals surface area contributed by atoms with E-state index in [1.54, 1.807) is 35.8 Å². The van der Waals surface area contributed by atoms with Gasteiger partial charge in [0.1, 0.15) is 0 Å². The van der Waals surface area contributed by atoms with Gasteiger partial charge in [-0.25, -0.2) is 0 Å². The molecule has 7 nitrogen and oxygen atoms in total. The molecular weight excluding hydrogens is 438 g/mol. The summed E-state index contributed by atoms with van der Waals surface area (Å²) in [6.45, 7) is 3.26. The molecule has 0 spiro atoms. The predicted octanol–water partition coefficient (Wildman–Crippen LogP) is 3.92. The van der Waals surface area contributed by atoms with Crippen LogP contribution in [0.5, 0.6) is 0 Å². The minimum Gasteiger partial charge on any atom is -0.366 e. The second-order valence-corrected chi connectivity index (χ2v) is 8.89. The van der Waals surface area contributed by atoms with Crippen LogP contribution in [0.15, 0.2) is 35.7 Å². The van der Waals surface area contributed by atoms with Gasteiger partial charge in [-0.3, -0.25) is 15.1 Å². The fourth-order valence-electron chi connectivity index (χ4n) is 2.10. The first-order valence-corrected chi connectivity index (χ1v) is 12.1. The summed E-state index contributed by atoms with van der Waals surface area (Å²) in [5, 5.41) is 19.7. The molecule has 0 aliphatic heterocycles. The quantitative estimate of drug-likeness (QED) is 0.264. The van der Waals surface area contributed by atoms with Crippen LogP contribution in [0.25, 0.3) is 0 Å². The van der Waals surface area contributed by atoms with Gasteiger partial charge in [-0.1, -0.05) is 11.6 Å². The molecule has 2 aromatic heterocycles. The van der Waals surface area contributed by atoms with Crippen LogP contribution in [0.2, 0.25) is 5.02 Å². The largest absolute Gasteiger partial charge is 0.366 e. The lowest BCUT2D eigenvalue weighted by Gasteiger charge is -2.11. The van der Waals surface area contributed by atoms with E-state index >= 15 is 0 Å². The molecule has 152 valence electrons. The predicted molar refractivity (Wildman–Crippen MR) is 120 cm³/mol. The van der Waals surface area contributed by atoms with Crippen LogP contribution in [-0.4, -0.2) is 38.9 Å². The van der Waals surface area contributed by atoms with E-state index < -0.39 is 4.92 Å². The van der Waals surface area contributed by atoms with Gasteiger partial charge in [0, 0.05) is 47.7 Å². The number of halogens is 1. The summed E-state index contributed by atoms with van der Waals surface area (Å²) >= 11 is 11.0.